The first kappa shape index (κ1) is 42.1. The number of nitriles is 1. The number of carbonyl (C=O) groups excluding carboxylic acids is 1. The van der Waals surface area contributed by atoms with Gasteiger partial charge in [0.15, 0.2) is 5.78 Å². The summed E-state index contributed by atoms with van der Waals surface area (Å²) >= 11 is 1.76. The number of nitrogens with zero attached hydrogens (tertiary/aromatic N) is 2. The van der Waals surface area contributed by atoms with Crippen LogP contribution in [0, 0.1) is 41.6 Å². The SMILES string of the molecule is CCC(CC)C(=O)/C=C(\O)C(CC)CC.Cc1c(CC(C)(C)C)ccc2c1sc1c(-c3[c-]c4ccccc4c(C(C)(C)C)c3)ncc(C#N)c12.[Ir]. The smallest absolute Gasteiger partial charge is 0.162 e. The van der Waals surface area contributed by atoms with Crippen molar-refractivity contribution in [3.63, 3.8) is 0 Å². The fraction of sp³-hybridized carbons (Fsp3) is 0.444. The van der Waals surface area contributed by atoms with Crippen molar-refractivity contribution in [1.29, 1.82) is 5.26 Å². The van der Waals surface area contributed by atoms with E-state index in [1.165, 1.54) is 32.9 Å². The number of hydrogen-bond donors (Lipinski definition) is 1. The van der Waals surface area contributed by atoms with E-state index in [0.717, 1.165) is 64.2 Å². The second-order valence-corrected chi connectivity index (χ2v) is 16.8. The average molecular weight is 880 g/mol. The number of allylic oxidation sites excluding steroid dienone is 2. The summed E-state index contributed by atoms with van der Waals surface area (Å²) in [5, 5.41) is 24.2. The molecule has 0 atom stereocenters. The maximum atomic E-state index is 11.7. The Bertz CT molecular complexity index is 2060. The van der Waals surface area contributed by atoms with Gasteiger partial charge in [-0.1, -0.05) is 111 Å². The molecule has 0 spiro atoms. The van der Waals surface area contributed by atoms with Gasteiger partial charge in [-0.15, -0.1) is 40.5 Å². The molecule has 6 heteroatoms. The minimum absolute atomic E-state index is 0. The number of rotatable bonds is 9. The van der Waals surface area contributed by atoms with E-state index in [0.29, 0.717) is 5.56 Å². The van der Waals surface area contributed by atoms with Crippen molar-refractivity contribution in [1.82, 2.24) is 4.98 Å². The molecule has 0 bridgehead atoms. The van der Waals surface area contributed by atoms with Gasteiger partial charge >= 0.3 is 0 Å². The molecule has 1 N–H and O–H groups in total. The number of ketones is 1. The van der Waals surface area contributed by atoms with Crippen LogP contribution < -0.4 is 0 Å². The van der Waals surface area contributed by atoms with E-state index in [1.54, 1.807) is 17.5 Å². The predicted molar refractivity (Wildman–Crippen MR) is 214 cm³/mol. The molecular formula is C45H55IrN2O2S-. The Balaban J connectivity index is 0.000000374. The van der Waals surface area contributed by atoms with Gasteiger partial charge in [-0.25, -0.2) is 0 Å². The van der Waals surface area contributed by atoms with Crippen LogP contribution in [0.2, 0.25) is 0 Å². The zero-order valence-electron chi connectivity index (χ0n) is 32.4. The number of aliphatic hydroxyl groups excluding tert-OH is 1. The molecule has 0 aliphatic heterocycles. The number of aliphatic hydroxyl groups is 1. The van der Waals surface area contributed by atoms with Crippen molar-refractivity contribution in [3.8, 4) is 17.3 Å². The fourth-order valence-electron chi connectivity index (χ4n) is 6.82. The van der Waals surface area contributed by atoms with E-state index in [-0.39, 0.29) is 54.3 Å². The zero-order valence-corrected chi connectivity index (χ0v) is 35.6. The normalized spacial score (nSPS) is 12.3. The topological polar surface area (TPSA) is 74.0 Å². The van der Waals surface area contributed by atoms with Gasteiger partial charge in [-0.05, 0) is 61.0 Å². The average Bonchev–Trinajstić information content (AvgIpc) is 3.46. The van der Waals surface area contributed by atoms with E-state index in [2.05, 4.69) is 103 Å². The number of thiophene rings is 1. The molecule has 0 fully saturated rings. The predicted octanol–water partition coefficient (Wildman–Crippen LogP) is 13.0. The van der Waals surface area contributed by atoms with E-state index in [1.807, 2.05) is 27.7 Å². The molecule has 2 heterocycles. The molecule has 3 aromatic carbocycles. The summed E-state index contributed by atoms with van der Waals surface area (Å²) < 4.78 is 2.32. The van der Waals surface area contributed by atoms with Gasteiger partial charge in [-0.2, -0.15) is 5.26 Å². The summed E-state index contributed by atoms with van der Waals surface area (Å²) in [5.41, 5.74) is 6.69. The number of fused-ring (bicyclic) bond motifs is 4. The third kappa shape index (κ3) is 9.55. The van der Waals surface area contributed by atoms with Crippen molar-refractivity contribution in [2.45, 2.75) is 114 Å². The molecule has 5 rings (SSSR count). The Morgan fingerprint density at radius 1 is 0.941 bits per heavy atom. The first-order chi connectivity index (χ1) is 23.6. The van der Waals surface area contributed by atoms with E-state index >= 15 is 0 Å². The van der Waals surface area contributed by atoms with Gasteiger partial charge in [0.1, 0.15) is 6.07 Å². The Morgan fingerprint density at radius 2 is 1.57 bits per heavy atom. The minimum atomic E-state index is -0.0201. The Kier molecular flexibility index (Phi) is 14.4. The summed E-state index contributed by atoms with van der Waals surface area (Å²) in [6.45, 7) is 23.9. The second kappa shape index (κ2) is 17.4. The summed E-state index contributed by atoms with van der Waals surface area (Å²) in [6, 6.07) is 21.2. The van der Waals surface area contributed by atoms with Crippen LogP contribution in [0.4, 0.5) is 0 Å². The third-order valence-corrected chi connectivity index (χ3v) is 11.1. The van der Waals surface area contributed by atoms with Gasteiger partial charge in [-0.3, -0.25) is 9.78 Å². The van der Waals surface area contributed by atoms with Crippen molar-refractivity contribution in [2.24, 2.45) is 17.3 Å². The van der Waals surface area contributed by atoms with Crippen LogP contribution in [0.25, 0.3) is 42.2 Å². The summed E-state index contributed by atoms with van der Waals surface area (Å²) in [7, 11) is 0. The van der Waals surface area contributed by atoms with Crippen LogP contribution in [0.5, 0.6) is 0 Å². The molecule has 2 aromatic heterocycles. The van der Waals surface area contributed by atoms with Crippen LogP contribution in [-0.4, -0.2) is 15.9 Å². The maximum absolute atomic E-state index is 11.7. The second-order valence-electron chi connectivity index (χ2n) is 15.8. The first-order valence-corrected chi connectivity index (χ1v) is 19.0. The van der Waals surface area contributed by atoms with Crippen LogP contribution in [-0.2, 0) is 36.7 Å². The first-order valence-electron chi connectivity index (χ1n) is 18.2. The van der Waals surface area contributed by atoms with Crippen LogP contribution in [0.1, 0.15) is 117 Å². The van der Waals surface area contributed by atoms with Gasteiger partial charge in [0.2, 0.25) is 0 Å². The number of aromatic nitrogens is 1. The third-order valence-electron chi connectivity index (χ3n) is 9.79. The quantitative estimate of drug-likeness (QED) is 0.0909. The van der Waals surface area contributed by atoms with Gasteiger partial charge in [0.05, 0.1) is 11.3 Å². The van der Waals surface area contributed by atoms with Crippen LogP contribution >= 0.6 is 11.3 Å². The number of pyridine rings is 1. The Labute approximate surface area is 323 Å². The molecule has 0 aliphatic rings. The Morgan fingerprint density at radius 3 is 2.14 bits per heavy atom. The van der Waals surface area contributed by atoms with Crippen LogP contribution in [0.15, 0.2) is 60.5 Å². The summed E-state index contributed by atoms with van der Waals surface area (Å²) in [5.74, 6) is 0.547. The van der Waals surface area contributed by atoms with Crippen molar-refractivity contribution >= 4 is 48.1 Å². The van der Waals surface area contributed by atoms with Gasteiger partial charge in [0.25, 0.3) is 0 Å². The van der Waals surface area contributed by atoms with Crippen LogP contribution in [0.3, 0.4) is 0 Å². The Hall–Kier alpha value is -3.36. The van der Waals surface area contributed by atoms with Crippen molar-refractivity contribution in [2.75, 3.05) is 0 Å². The maximum Gasteiger partial charge on any atom is 0.162 e. The zero-order chi connectivity index (χ0) is 37.0. The van der Waals surface area contributed by atoms with E-state index in [9.17, 15) is 15.2 Å². The molecule has 0 aliphatic carbocycles. The molecule has 0 saturated carbocycles. The largest absolute Gasteiger partial charge is 0.512 e. The minimum Gasteiger partial charge on any atom is -0.512 e. The van der Waals surface area contributed by atoms with Crippen molar-refractivity contribution in [3.05, 3.63) is 88.8 Å². The molecule has 1 radical (unpaired) electrons. The number of aryl methyl sites for hydroxylation is 1. The molecule has 5 aromatic rings. The van der Waals surface area contributed by atoms with Gasteiger partial charge in [0, 0.05) is 70.1 Å². The molecule has 0 unspecified atom stereocenters. The van der Waals surface area contributed by atoms with E-state index < -0.39 is 0 Å². The number of benzene rings is 3. The monoisotopic (exact) mass is 880 g/mol. The fourth-order valence-corrected chi connectivity index (χ4v) is 8.17. The molecule has 4 nitrogen and oxygen atoms in total. The number of hydrogen-bond acceptors (Lipinski definition) is 5. The molecule has 0 saturated heterocycles. The van der Waals surface area contributed by atoms with E-state index in [4.69, 9.17) is 4.98 Å². The summed E-state index contributed by atoms with van der Waals surface area (Å²) in [6.07, 6.45) is 7.66. The standard InChI is InChI=1S/C32H31N2S.C13H24O2.Ir/c1-19-21(16-31(2,3)4)12-13-25-27-23(17-33)18-34-28(30(27)35-29(19)25)22-14-20-10-8-9-11-24(20)26(15-22)32(5,6)7;1-5-10(6-2)12(14)9-13(15)11(7-3)8-4;/h8-13,15,18H,16H2,1-7H3;9-11,14H,5-8H2,1-4H3;/q-1;;/b;12-9-;. The van der Waals surface area contributed by atoms with Gasteiger partial charge < -0.3 is 5.11 Å². The molecular weight excluding hydrogens is 825 g/mol. The molecule has 273 valence electrons. The van der Waals surface area contributed by atoms with Crippen molar-refractivity contribution < 1.29 is 30.0 Å². The summed E-state index contributed by atoms with van der Waals surface area (Å²) in [4.78, 5) is 16.6. The number of carbonyl (C=O) groups is 1. The molecule has 51 heavy (non-hydrogen) atoms. The molecule has 0 amide bonds.